The van der Waals surface area contributed by atoms with Gasteiger partial charge >= 0.3 is 5.91 Å². The summed E-state index contributed by atoms with van der Waals surface area (Å²) in [5, 5.41) is 0. The number of hydrogen-bond acceptors (Lipinski definition) is 4. The molecular weight excluding hydrogens is 363 g/mol. The molecule has 0 unspecified atom stereocenters. The van der Waals surface area contributed by atoms with Crippen LogP contribution in [0.5, 0.6) is 5.75 Å². The molecule has 0 saturated heterocycles. The molecule has 6 nitrogen and oxygen atoms in total. The molecule has 0 aliphatic carbocycles. The van der Waals surface area contributed by atoms with E-state index in [-0.39, 0.29) is 12.4 Å². The molecule has 1 heterocycles. The number of rotatable bonds is 6. The molecular formula is C21H17FN2O4. The molecule has 1 aromatic heterocycles. The number of benzene rings is 2. The zero-order valence-electron chi connectivity index (χ0n) is 14.7. The number of furan rings is 1. The fraction of sp³-hybridized carbons (Fsp3) is 0.0476. The average molecular weight is 380 g/mol. The van der Waals surface area contributed by atoms with Gasteiger partial charge in [0, 0.05) is 6.08 Å². The molecule has 142 valence electrons. The second-order valence-corrected chi connectivity index (χ2v) is 5.70. The van der Waals surface area contributed by atoms with E-state index in [1.165, 1.54) is 36.4 Å². The number of carbonyl (C=O) groups is 2. The summed E-state index contributed by atoms with van der Waals surface area (Å²) in [5.41, 5.74) is 4.98. The minimum absolute atomic E-state index is 0.0288. The van der Waals surface area contributed by atoms with E-state index in [4.69, 9.17) is 9.15 Å². The van der Waals surface area contributed by atoms with Gasteiger partial charge in [0.05, 0.1) is 0 Å². The predicted molar refractivity (Wildman–Crippen MR) is 101 cm³/mol. The molecule has 0 aliphatic rings. The smallest absolute Gasteiger partial charge is 0.305 e. The Hall–Kier alpha value is -3.87. The highest BCUT2D eigenvalue weighted by atomic mass is 19.1. The molecule has 2 N–H and O–H groups in total. The fourth-order valence-corrected chi connectivity index (χ4v) is 2.25. The van der Waals surface area contributed by atoms with E-state index in [0.717, 1.165) is 0 Å². The Bertz CT molecular complexity index is 983. The van der Waals surface area contributed by atoms with E-state index >= 15 is 0 Å². The summed E-state index contributed by atoms with van der Waals surface area (Å²) in [6, 6.07) is 18.1. The molecule has 7 heteroatoms. The van der Waals surface area contributed by atoms with E-state index in [9.17, 15) is 14.0 Å². The van der Waals surface area contributed by atoms with E-state index < -0.39 is 17.6 Å². The molecule has 0 saturated carbocycles. The Balaban J connectivity index is 1.47. The van der Waals surface area contributed by atoms with Crippen LogP contribution in [0.15, 0.2) is 77.2 Å². The first-order chi connectivity index (χ1) is 13.6. The summed E-state index contributed by atoms with van der Waals surface area (Å²) in [6.45, 7) is 0.167. The maximum Gasteiger partial charge on any atom is 0.305 e. The highest BCUT2D eigenvalue weighted by molar-refractivity contribution is 5.96. The Morgan fingerprint density at radius 2 is 1.82 bits per heavy atom. The van der Waals surface area contributed by atoms with Crippen molar-refractivity contribution in [2.24, 2.45) is 0 Å². The zero-order chi connectivity index (χ0) is 19.8. The first kappa shape index (κ1) is 18.9. The lowest BCUT2D eigenvalue weighted by atomic mass is 10.2. The average Bonchev–Trinajstić information content (AvgIpc) is 3.19. The van der Waals surface area contributed by atoms with Crippen LogP contribution < -0.4 is 15.6 Å². The number of hydrogen-bond donors (Lipinski definition) is 2. The van der Waals surface area contributed by atoms with Crippen LogP contribution in [0.4, 0.5) is 4.39 Å². The molecule has 0 fully saturated rings. The second kappa shape index (κ2) is 9.18. The predicted octanol–water partition coefficient (Wildman–Crippen LogP) is 3.47. The number of nitrogens with one attached hydrogen (secondary N) is 2. The number of ether oxygens (including phenoxy) is 1. The van der Waals surface area contributed by atoms with Crippen LogP contribution in [0.3, 0.4) is 0 Å². The second-order valence-electron chi connectivity index (χ2n) is 5.70. The molecule has 0 atom stereocenters. The van der Waals surface area contributed by atoms with Crippen molar-refractivity contribution in [3.05, 3.63) is 95.7 Å². The standard InChI is InChI=1S/C21H17FN2O4/c22-16-6-4-5-15(13-16)9-12-20(25)23-24-21(26)19-11-10-18(28-19)14-27-17-7-2-1-3-8-17/h1-13H,14H2,(H,23,25)(H,24,26)/b12-9+. The van der Waals surface area contributed by atoms with Gasteiger partial charge in [0.2, 0.25) is 0 Å². The van der Waals surface area contributed by atoms with E-state index in [2.05, 4.69) is 10.9 Å². The van der Waals surface area contributed by atoms with Crippen LogP contribution >= 0.6 is 0 Å². The van der Waals surface area contributed by atoms with Gasteiger partial charge < -0.3 is 9.15 Å². The molecule has 0 spiro atoms. The summed E-state index contributed by atoms with van der Waals surface area (Å²) in [4.78, 5) is 23.8. The minimum Gasteiger partial charge on any atom is -0.486 e. The van der Waals surface area contributed by atoms with Crippen molar-refractivity contribution < 1.29 is 23.1 Å². The van der Waals surface area contributed by atoms with Crippen molar-refractivity contribution in [2.45, 2.75) is 6.61 Å². The van der Waals surface area contributed by atoms with E-state index in [1.54, 1.807) is 12.1 Å². The molecule has 3 rings (SSSR count). The van der Waals surface area contributed by atoms with Gasteiger partial charge in [-0.1, -0.05) is 30.3 Å². The lowest BCUT2D eigenvalue weighted by Crippen LogP contribution is -2.40. The molecule has 0 bridgehead atoms. The third-order valence-corrected chi connectivity index (χ3v) is 3.58. The van der Waals surface area contributed by atoms with Gasteiger partial charge in [-0.2, -0.15) is 0 Å². The number of amides is 2. The third-order valence-electron chi connectivity index (χ3n) is 3.58. The molecule has 3 aromatic rings. The van der Waals surface area contributed by atoms with E-state index in [0.29, 0.717) is 17.1 Å². The maximum atomic E-state index is 13.1. The van der Waals surface area contributed by atoms with Crippen molar-refractivity contribution in [1.29, 1.82) is 0 Å². The Morgan fingerprint density at radius 1 is 1.00 bits per heavy atom. The molecule has 2 aromatic carbocycles. The van der Waals surface area contributed by atoms with Crippen molar-refractivity contribution in [3.63, 3.8) is 0 Å². The normalized spacial score (nSPS) is 10.6. The topological polar surface area (TPSA) is 80.6 Å². The summed E-state index contributed by atoms with van der Waals surface area (Å²) in [5.74, 6) is -0.411. The number of carbonyl (C=O) groups excluding carboxylic acids is 2. The Labute approximate surface area is 160 Å². The lowest BCUT2D eigenvalue weighted by Gasteiger charge is -2.04. The monoisotopic (exact) mass is 380 g/mol. The van der Waals surface area contributed by atoms with Gasteiger partial charge in [0.25, 0.3) is 5.91 Å². The van der Waals surface area contributed by atoms with Gasteiger partial charge in [-0.05, 0) is 48.0 Å². The van der Waals surface area contributed by atoms with Crippen LogP contribution in [0.25, 0.3) is 6.08 Å². The highest BCUT2D eigenvalue weighted by Gasteiger charge is 2.12. The molecule has 2 amide bonds. The molecule has 0 aliphatic heterocycles. The van der Waals surface area contributed by atoms with Gasteiger partial charge in [0.15, 0.2) is 5.76 Å². The quantitative estimate of drug-likeness (QED) is 0.507. The first-order valence-electron chi connectivity index (χ1n) is 8.41. The Morgan fingerprint density at radius 3 is 2.61 bits per heavy atom. The van der Waals surface area contributed by atoms with Crippen LogP contribution in [0, 0.1) is 5.82 Å². The van der Waals surface area contributed by atoms with Crippen LogP contribution in [-0.2, 0) is 11.4 Å². The van der Waals surface area contributed by atoms with Gasteiger partial charge in [-0.15, -0.1) is 0 Å². The maximum absolute atomic E-state index is 13.1. The number of halogens is 1. The van der Waals surface area contributed by atoms with Crippen molar-refractivity contribution in [1.82, 2.24) is 10.9 Å². The van der Waals surface area contributed by atoms with Crippen molar-refractivity contribution in [2.75, 3.05) is 0 Å². The summed E-state index contributed by atoms with van der Waals surface area (Å²) in [7, 11) is 0. The highest BCUT2D eigenvalue weighted by Crippen LogP contribution is 2.13. The Kier molecular flexibility index (Phi) is 6.20. The van der Waals surface area contributed by atoms with Crippen LogP contribution in [0.1, 0.15) is 21.9 Å². The van der Waals surface area contributed by atoms with Gasteiger partial charge in [0.1, 0.15) is 23.9 Å². The van der Waals surface area contributed by atoms with Gasteiger partial charge in [-0.3, -0.25) is 20.4 Å². The summed E-state index contributed by atoms with van der Waals surface area (Å²) in [6.07, 6.45) is 2.60. The van der Waals surface area contributed by atoms with Crippen LogP contribution in [0.2, 0.25) is 0 Å². The zero-order valence-corrected chi connectivity index (χ0v) is 14.7. The number of hydrazine groups is 1. The lowest BCUT2D eigenvalue weighted by molar-refractivity contribution is -0.117. The van der Waals surface area contributed by atoms with Crippen molar-refractivity contribution in [3.8, 4) is 5.75 Å². The third kappa shape index (κ3) is 5.57. The van der Waals surface area contributed by atoms with Gasteiger partial charge in [-0.25, -0.2) is 4.39 Å². The summed E-state index contributed by atoms with van der Waals surface area (Å²) >= 11 is 0. The fourth-order valence-electron chi connectivity index (χ4n) is 2.25. The molecule has 28 heavy (non-hydrogen) atoms. The molecule has 0 radical (unpaired) electrons. The number of para-hydroxylation sites is 1. The minimum atomic E-state index is -0.613. The summed E-state index contributed by atoms with van der Waals surface area (Å²) < 4.78 is 24.0. The SMILES string of the molecule is O=C(/C=C/c1cccc(F)c1)NNC(=O)c1ccc(COc2ccccc2)o1. The van der Waals surface area contributed by atoms with Crippen molar-refractivity contribution >= 4 is 17.9 Å². The first-order valence-corrected chi connectivity index (χ1v) is 8.41. The van der Waals surface area contributed by atoms with E-state index in [1.807, 2.05) is 30.3 Å². The van der Waals surface area contributed by atoms with Crippen LogP contribution in [-0.4, -0.2) is 11.8 Å². The largest absolute Gasteiger partial charge is 0.486 e.